The summed E-state index contributed by atoms with van der Waals surface area (Å²) in [6.45, 7) is 0. The number of rotatable bonds is 2. The van der Waals surface area contributed by atoms with Gasteiger partial charge in [-0.2, -0.15) is 4.39 Å². The summed E-state index contributed by atoms with van der Waals surface area (Å²) < 4.78 is 12.7. The lowest BCUT2D eigenvalue weighted by Crippen LogP contribution is -2.15. The van der Waals surface area contributed by atoms with E-state index in [0.717, 1.165) is 0 Å². The SMILES string of the molecule is Fc1cccc(NC2CCCC2)n1. The number of aromatic nitrogens is 1. The fraction of sp³-hybridized carbons (Fsp3) is 0.500. The number of anilines is 1. The standard InChI is InChI=1S/C10H13FN2/c11-9-6-3-7-10(13-9)12-8-4-1-2-5-8/h3,6-8H,1-2,4-5H2,(H,12,13). The van der Waals surface area contributed by atoms with Crippen molar-refractivity contribution in [2.45, 2.75) is 31.7 Å². The fourth-order valence-corrected chi connectivity index (χ4v) is 1.77. The molecule has 1 fully saturated rings. The van der Waals surface area contributed by atoms with Crippen LogP contribution < -0.4 is 5.32 Å². The zero-order valence-electron chi connectivity index (χ0n) is 7.46. The van der Waals surface area contributed by atoms with Crippen LogP contribution in [0, 0.1) is 5.95 Å². The van der Waals surface area contributed by atoms with Crippen molar-refractivity contribution in [3.05, 3.63) is 24.1 Å². The first-order chi connectivity index (χ1) is 6.34. The predicted molar refractivity (Wildman–Crippen MR) is 50.1 cm³/mol. The van der Waals surface area contributed by atoms with E-state index in [2.05, 4.69) is 10.3 Å². The van der Waals surface area contributed by atoms with Gasteiger partial charge in [0.25, 0.3) is 0 Å². The Balaban J connectivity index is 2.00. The molecule has 1 heterocycles. The first-order valence-electron chi connectivity index (χ1n) is 4.74. The first-order valence-corrected chi connectivity index (χ1v) is 4.74. The van der Waals surface area contributed by atoms with E-state index in [4.69, 9.17) is 0 Å². The molecule has 2 nitrogen and oxygen atoms in total. The van der Waals surface area contributed by atoms with Crippen LogP contribution in [0.5, 0.6) is 0 Å². The van der Waals surface area contributed by atoms with Gasteiger partial charge in [0.15, 0.2) is 0 Å². The molecular formula is C10H13FN2. The molecule has 0 unspecified atom stereocenters. The van der Waals surface area contributed by atoms with Gasteiger partial charge in [-0.3, -0.25) is 0 Å². The normalized spacial score (nSPS) is 17.6. The molecule has 0 bridgehead atoms. The molecule has 0 spiro atoms. The van der Waals surface area contributed by atoms with Crippen LogP contribution in [0.2, 0.25) is 0 Å². The molecule has 3 heteroatoms. The highest BCUT2D eigenvalue weighted by Crippen LogP contribution is 2.21. The molecule has 1 aromatic heterocycles. The van der Waals surface area contributed by atoms with Gasteiger partial charge < -0.3 is 5.32 Å². The lowest BCUT2D eigenvalue weighted by molar-refractivity contribution is 0.583. The second kappa shape index (κ2) is 3.73. The third kappa shape index (κ3) is 2.17. The third-order valence-corrected chi connectivity index (χ3v) is 2.42. The minimum absolute atomic E-state index is 0.414. The average Bonchev–Trinajstić information content (AvgIpc) is 2.57. The lowest BCUT2D eigenvalue weighted by atomic mass is 10.2. The van der Waals surface area contributed by atoms with Crippen LogP contribution in [-0.2, 0) is 0 Å². The minimum Gasteiger partial charge on any atom is -0.367 e. The summed E-state index contributed by atoms with van der Waals surface area (Å²) in [6, 6.07) is 5.34. The van der Waals surface area contributed by atoms with Crippen LogP contribution in [0.15, 0.2) is 18.2 Å². The monoisotopic (exact) mass is 180 g/mol. The van der Waals surface area contributed by atoms with E-state index in [1.807, 2.05) is 0 Å². The van der Waals surface area contributed by atoms with Crippen LogP contribution >= 0.6 is 0 Å². The summed E-state index contributed by atoms with van der Waals surface area (Å²) in [7, 11) is 0. The van der Waals surface area contributed by atoms with Crippen LogP contribution in [0.3, 0.4) is 0 Å². The van der Waals surface area contributed by atoms with E-state index in [-0.39, 0.29) is 0 Å². The van der Waals surface area contributed by atoms with Crippen molar-refractivity contribution in [1.29, 1.82) is 0 Å². The molecule has 0 radical (unpaired) electrons. The van der Waals surface area contributed by atoms with Crippen LogP contribution in [0.4, 0.5) is 10.2 Å². The van der Waals surface area contributed by atoms with E-state index < -0.39 is 5.95 Å². The summed E-state index contributed by atoms with van der Waals surface area (Å²) in [5.74, 6) is 0.245. The van der Waals surface area contributed by atoms with Crippen molar-refractivity contribution in [1.82, 2.24) is 4.98 Å². The minimum atomic E-state index is -0.414. The smallest absolute Gasteiger partial charge is 0.214 e. The van der Waals surface area contributed by atoms with Gasteiger partial charge >= 0.3 is 0 Å². The molecule has 2 rings (SSSR count). The molecule has 1 N–H and O–H groups in total. The number of pyridine rings is 1. The Labute approximate surface area is 77.2 Å². The highest BCUT2D eigenvalue weighted by atomic mass is 19.1. The second-order valence-electron chi connectivity index (χ2n) is 3.47. The highest BCUT2D eigenvalue weighted by Gasteiger charge is 2.14. The van der Waals surface area contributed by atoms with Gasteiger partial charge in [0.2, 0.25) is 5.95 Å². The zero-order chi connectivity index (χ0) is 9.10. The summed E-state index contributed by atoms with van der Waals surface area (Å²) in [4.78, 5) is 3.76. The lowest BCUT2D eigenvalue weighted by Gasteiger charge is -2.11. The number of hydrogen-bond acceptors (Lipinski definition) is 2. The Morgan fingerprint density at radius 2 is 2.08 bits per heavy atom. The van der Waals surface area contributed by atoms with Gasteiger partial charge in [-0.15, -0.1) is 0 Å². The molecule has 0 amide bonds. The van der Waals surface area contributed by atoms with Crippen LogP contribution in [0.25, 0.3) is 0 Å². The summed E-state index contributed by atoms with van der Waals surface area (Å²) >= 11 is 0. The van der Waals surface area contributed by atoms with Gasteiger partial charge in [0.05, 0.1) is 0 Å². The quantitative estimate of drug-likeness (QED) is 0.707. The molecule has 70 valence electrons. The molecule has 13 heavy (non-hydrogen) atoms. The Kier molecular flexibility index (Phi) is 2.43. The number of hydrogen-bond donors (Lipinski definition) is 1. The number of halogens is 1. The van der Waals surface area contributed by atoms with E-state index in [9.17, 15) is 4.39 Å². The van der Waals surface area contributed by atoms with Crippen molar-refractivity contribution in [3.8, 4) is 0 Å². The molecule has 0 atom stereocenters. The molecule has 0 aliphatic heterocycles. The third-order valence-electron chi connectivity index (χ3n) is 2.42. The number of nitrogens with one attached hydrogen (secondary N) is 1. The Hall–Kier alpha value is -1.12. The Bertz CT molecular complexity index is 282. The van der Waals surface area contributed by atoms with E-state index in [1.165, 1.54) is 31.7 Å². The summed E-state index contributed by atoms with van der Waals surface area (Å²) in [6.07, 6.45) is 4.90. The topological polar surface area (TPSA) is 24.9 Å². The first kappa shape index (κ1) is 8.48. The predicted octanol–water partition coefficient (Wildman–Crippen LogP) is 2.58. The molecule has 0 saturated heterocycles. The maximum Gasteiger partial charge on any atom is 0.214 e. The van der Waals surface area contributed by atoms with Crippen LogP contribution in [0.1, 0.15) is 25.7 Å². The molecule has 1 aromatic rings. The maximum absolute atomic E-state index is 12.7. The van der Waals surface area contributed by atoms with E-state index >= 15 is 0 Å². The molecule has 1 aliphatic rings. The van der Waals surface area contributed by atoms with E-state index in [0.29, 0.717) is 11.9 Å². The van der Waals surface area contributed by atoms with Gasteiger partial charge in [-0.1, -0.05) is 18.9 Å². The Morgan fingerprint density at radius 3 is 2.77 bits per heavy atom. The van der Waals surface area contributed by atoms with Crippen LogP contribution in [-0.4, -0.2) is 11.0 Å². The van der Waals surface area contributed by atoms with Gasteiger partial charge in [-0.25, -0.2) is 4.98 Å². The maximum atomic E-state index is 12.7. The van der Waals surface area contributed by atoms with E-state index in [1.54, 1.807) is 12.1 Å². The van der Waals surface area contributed by atoms with Gasteiger partial charge in [0.1, 0.15) is 5.82 Å². The second-order valence-corrected chi connectivity index (χ2v) is 3.47. The summed E-state index contributed by atoms with van der Waals surface area (Å²) in [5, 5.41) is 3.23. The van der Waals surface area contributed by atoms with Gasteiger partial charge in [-0.05, 0) is 25.0 Å². The zero-order valence-corrected chi connectivity index (χ0v) is 7.46. The van der Waals surface area contributed by atoms with Gasteiger partial charge in [0, 0.05) is 6.04 Å². The van der Waals surface area contributed by atoms with Crippen molar-refractivity contribution < 1.29 is 4.39 Å². The molecule has 1 saturated carbocycles. The molecular weight excluding hydrogens is 167 g/mol. The number of nitrogens with zero attached hydrogens (tertiary/aromatic N) is 1. The average molecular weight is 180 g/mol. The van der Waals surface area contributed by atoms with Crippen molar-refractivity contribution in [2.75, 3.05) is 5.32 Å². The highest BCUT2D eigenvalue weighted by molar-refractivity contribution is 5.34. The van der Waals surface area contributed by atoms with Crippen molar-refractivity contribution in [3.63, 3.8) is 0 Å². The molecule has 1 aliphatic carbocycles. The molecule has 0 aromatic carbocycles. The Morgan fingerprint density at radius 1 is 1.31 bits per heavy atom. The van der Waals surface area contributed by atoms with Crippen molar-refractivity contribution in [2.24, 2.45) is 0 Å². The largest absolute Gasteiger partial charge is 0.367 e. The fourth-order valence-electron chi connectivity index (χ4n) is 1.77. The van der Waals surface area contributed by atoms with Crippen molar-refractivity contribution >= 4 is 5.82 Å². The summed E-state index contributed by atoms with van der Waals surface area (Å²) in [5.41, 5.74) is 0.